The number of benzene rings is 1. The zero-order valence-electron chi connectivity index (χ0n) is 11.7. The molecule has 1 aliphatic heterocycles. The Morgan fingerprint density at radius 3 is 2.85 bits per heavy atom. The van der Waals surface area contributed by atoms with Gasteiger partial charge in [-0.3, -0.25) is 9.59 Å². The summed E-state index contributed by atoms with van der Waals surface area (Å²) in [5.74, 6) is 0.141. The van der Waals surface area contributed by atoms with Crippen LogP contribution in [0.5, 0.6) is 5.75 Å². The van der Waals surface area contributed by atoms with E-state index in [-0.39, 0.29) is 24.2 Å². The minimum absolute atomic E-state index is 0.0295. The van der Waals surface area contributed by atoms with Gasteiger partial charge in [0, 0.05) is 25.2 Å². The number of carbonyl (C=O) groups is 2. The lowest BCUT2D eigenvalue weighted by Crippen LogP contribution is -2.28. The highest BCUT2D eigenvalue weighted by Gasteiger charge is 2.33. The van der Waals surface area contributed by atoms with Crippen molar-refractivity contribution < 1.29 is 14.3 Å². The maximum Gasteiger partial charge on any atom is 0.229 e. The highest BCUT2D eigenvalue weighted by atomic mass is 16.5. The van der Waals surface area contributed by atoms with E-state index in [1.54, 1.807) is 23.1 Å². The van der Waals surface area contributed by atoms with E-state index in [2.05, 4.69) is 5.32 Å². The van der Waals surface area contributed by atoms with Crippen molar-refractivity contribution in [2.75, 3.05) is 31.2 Å². The van der Waals surface area contributed by atoms with E-state index >= 15 is 0 Å². The lowest BCUT2D eigenvalue weighted by Gasteiger charge is -2.14. The molecule has 0 bridgehead atoms. The topological polar surface area (TPSA) is 84.7 Å². The highest BCUT2D eigenvalue weighted by molar-refractivity contribution is 5.97. The second kappa shape index (κ2) is 5.81. The number of nitrogens with one attached hydrogen (secondary N) is 1. The number of nitrogen functional groups attached to an aromatic ring is 1. The van der Waals surface area contributed by atoms with Crippen LogP contribution in [0.4, 0.5) is 11.4 Å². The van der Waals surface area contributed by atoms with Gasteiger partial charge in [0.05, 0.1) is 18.7 Å². The van der Waals surface area contributed by atoms with Crippen molar-refractivity contribution in [3.8, 4) is 5.75 Å². The number of amides is 2. The Kier molecular flexibility index (Phi) is 4.12. The minimum atomic E-state index is -0.300. The molecule has 1 aromatic carbocycles. The SMILES string of the molecule is CCN1CC(C(=O)Nc2ccc(OC)c(N)c2)CC1=O. The van der Waals surface area contributed by atoms with Gasteiger partial charge in [-0.1, -0.05) is 0 Å². The summed E-state index contributed by atoms with van der Waals surface area (Å²) in [7, 11) is 1.54. The van der Waals surface area contributed by atoms with E-state index in [4.69, 9.17) is 10.5 Å². The zero-order chi connectivity index (χ0) is 14.7. The minimum Gasteiger partial charge on any atom is -0.495 e. The van der Waals surface area contributed by atoms with Gasteiger partial charge in [0.1, 0.15) is 5.75 Å². The molecule has 0 radical (unpaired) electrons. The van der Waals surface area contributed by atoms with Crippen LogP contribution in [0.1, 0.15) is 13.3 Å². The summed E-state index contributed by atoms with van der Waals surface area (Å²) in [4.78, 5) is 25.4. The fourth-order valence-electron chi connectivity index (χ4n) is 2.31. The van der Waals surface area contributed by atoms with E-state index in [9.17, 15) is 9.59 Å². The van der Waals surface area contributed by atoms with Gasteiger partial charge < -0.3 is 20.7 Å². The summed E-state index contributed by atoms with van der Waals surface area (Å²) < 4.78 is 5.06. The quantitative estimate of drug-likeness (QED) is 0.807. The maximum absolute atomic E-state index is 12.1. The number of ether oxygens (including phenoxy) is 1. The molecule has 1 saturated heterocycles. The van der Waals surface area contributed by atoms with Crippen LogP contribution in [-0.4, -0.2) is 36.9 Å². The molecule has 3 N–H and O–H groups in total. The molecular formula is C14H19N3O3. The number of nitrogens with zero attached hydrogens (tertiary/aromatic N) is 1. The second-order valence-corrected chi connectivity index (χ2v) is 4.78. The van der Waals surface area contributed by atoms with Gasteiger partial charge in [0.15, 0.2) is 0 Å². The van der Waals surface area contributed by atoms with Gasteiger partial charge in [-0.15, -0.1) is 0 Å². The average Bonchev–Trinajstić information content (AvgIpc) is 2.80. The molecule has 2 rings (SSSR count). The van der Waals surface area contributed by atoms with Crippen LogP contribution in [-0.2, 0) is 9.59 Å². The van der Waals surface area contributed by atoms with Gasteiger partial charge in [0.2, 0.25) is 11.8 Å². The van der Waals surface area contributed by atoms with Crippen LogP contribution in [0.15, 0.2) is 18.2 Å². The maximum atomic E-state index is 12.1. The number of methoxy groups -OCH3 is 1. The first-order valence-corrected chi connectivity index (χ1v) is 6.57. The summed E-state index contributed by atoms with van der Waals surface area (Å²) in [6.45, 7) is 3.02. The molecule has 0 aromatic heterocycles. The van der Waals surface area contributed by atoms with E-state index in [1.165, 1.54) is 7.11 Å². The van der Waals surface area contributed by atoms with Gasteiger partial charge in [0.25, 0.3) is 0 Å². The van der Waals surface area contributed by atoms with Crippen LogP contribution in [0.3, 0.4) is 0 Å². The van der Waals surface area contributed by atoms with Gasteiger partial charge in [-0.2, -0.15) is 0 Å². The number of nitrogens with two attached hydrogens (primary N) is 1. The average molecular weight is 277 g/mol. The Morgan fingerprint density at radius 2 is 2.30 bits per heavy atom. The fraction of sp³-hybridized carbons (Fsp3) is 0.429. The Morgan fingerprint density at radius 1 is 1.55 bits per heavy atom. The molecule has 2 amide bonds. The standard InChI is InChI=1S/C14H19N3O3/c1-3-17-8-9(6-13(17)18)14(19)16-10-4-5-12(20-2)11(15)7-10/h4-5,7,9H,3,6,8,15H2,1-2H3,(H,16,19). The molecule has 20 heavy (non-hydrogen) atoms. The number of likely N-dealkylation sites (tertiary alicyclic amines) is 1. The molecule has 6 nitrogen and oxygen atoms in total. The van der Waals surface area contributed by atoms with Gasteiger partial charge >= 0.3 is 0 Å². The third-order valence-corrected chi connectivity index (χ3v) is 3.46. The fourth-order valence-corrected chi connectivity index (χ4v) is 2.31. The Balaban J connectivity index is 2.02. The molecule has 1 fully saturated rings. The Bertz CT molecular complexity index is 530. The van der Waals surface area contributed by atoms with Crippen LogP contribution in [0.25, 0.3) is 0 Å². The third-order valence-electron chi connectivity index (χ3n) is 3.46. The van der Waals surface area contributed by atoms with Crippen molar-refractivity contribution >= 4 is 23.2 Å². The summed E-state index contributed by atoms with van der Waals surface area (Å²) in [5, 5.41) is 2.79. The van der Waals surface area contributed by atoms with Crippen molar-refractivity contribution in [3.63, 3.8) is 0 Å². The van der Waals surface area contributed by atoms with E-state index in [1.807, 2.05) is 6.92 Å². The molecule has 108 valence electrons. The number of carbonyl (C=O) groups excluding carboxylic acids is 2. The van der Waals surface area contributed by atoms with E-state index in [0.29, 0.717) is 30.2 Å². The van der Waals surface area contributed by atoms with Gasteiger partial charge in [-0.05, 0) is 25.1 Å². The zero-order valence-corrected chi connectivity index (χ0v) is 11.7. The van der Waals surface area contributed by atoms with Crippen molar-refractivity contribution in [2.24, 2.45) is 5.92 Å². The van der Waals surface area contributed by atoms with Crippen molar-refractivity contribution in [3.05, 3.63) is 18.2 Å². The first-order chi connectivity index (χ1) is 9.55. The van der Waals surface area contributed by atoms with Crippen molar-refractivity contribution in [2.45, 2.75) is 13.3 Å². The molecule has 1 heterocycles. The molecule has 1 aliphatic rings. The molecule has 1 atom stereocenters. The number of rotatable bonds is 4. The highest BCUT2D eigenvalue weighted by Crippen LogP contribution is 2.26. The van der Waals surface area contributed by atoms with Crippen LogP contribution < -0.4 is 15.8 Å². The number of hydrogen-bond acceptors (Lipinski definition) is 4. The third kappa shape index (κ3) is 2.84. The van der Waals surface area contributed by atoms with Gasteiger partial charge in [-0.25, -0.2) is 0 Å². The molecular weight excluding hydrogens is 258 g/mol. The molecule has 1 unspecified atom stereocenters. The second-order valence-electron chi connectivity index (χ2n) is 4.78. The van der Waals surface area contributed by atoms with E-state index in [0.717, 1.165) is 0 Å². The molecule has 0 aliphatic carbocycles. The lowest BCUT2D eigenvalue weighted by molar-refractivity contribution is -0.128. The van der Waals surface area contributed by atoms with Crippen LogP contribution in [0, 0.1) is 5.92 Å². The number of anilines is 2. The first-order valence-electron chi connectivity index (χ1n) is 6.57. The monoisotopic (exact) mass is 277 g/mol. The summed E-state index contributed by atoms with van der Waals surface area (Å²) in [5.41, 5.74) is 6.86. The predicted molar refractivity (Wildman–Crippen MR) is 76.4 cm³/mol. The Labute approximate surface area is 117 Å². The largest absolute Gasteiger partial charge is 0.495 e. The summed E-state index contributed by atoms with van der Waals surface area (Å²) in [6, 6.07) is 5.07. The molecule has 0 spiro atoms. The predicted octanol–water partition coefficient (Wildman–Crippen LogP) is 1.08. The Hall–Kier alpha value is -2.24. The lowest BCUT2D eigenvalue weighted by atomic mass is 10.1. The van der Waals surface area contributed by atoms with Crippen LogP contribution in [0.2, 0.25) is 0 Å². The first kappa shape index (κ1) is 14.2. The van der Waals surface area contributed by atoms with E-state index < -0.39 is 0 Å². The van der Waals surface area contributed by atoms with Crippen molar-refractivity contribution in [1.82, 2.24) is 4.90 Å². The summed E-state index contributed by atoms with van der Waals surface area (Å²) in [6.07, 6.45) is 0.269. The summed E-state index contributed by atoms with van der Waals surface area (Å²) >= 11 is 0. The van der Waals surface area contributed by atoms with Crippen LogP contribution >= 0.6 is 0 Å². The molecule has 6 heteroatoms. The smallest absolute Gasteiger partial charge is 0.229 e. The van der Waals surface area contributed by atoms with Crippen molar-refractivity contribution in [1.29, 1.82) is 0 Å². The number of hydrogen-bond donors (Lipinski definition) is 2. The normalized spacial score (nSPS) is 18.2. The molecule has 1 aromatic rings. The molecule has 0 saturated carbocycles.